The van der Waals surface area contributed by atoms with Gasteiger partial charge in [-0.3, -0.25) is 0 Å². The first-order valence-electron chi connectivity index (χ1n) is 4.74. The van der Waals surface area contributed by atoms with Gasteiger partial charge < -0.3 is 5.11 Å². The quantitative estimate of drug-likeness (QED) is 0.872. The predicted molar refractivity (Wildman–Crippen MR) is 55.2 cm³/mol. The highest BCUT2D eigenvalue weighted by Gasteiger charge is 2.16. The van der Waals surface area contributed by atoms with E-state index in [1.54, 1.807) is 6.92 Å². The zero-order chi connectivity index (χ0) is 12.6. The molecule has 0 fully saturated rings. The number of hydrogen-bond acceptors (Lipinski definition) is 2. The molecule has 0 radical (unpaired) electrons. The van der Waals surface area contributed by atoms with Crippen molar-refractivity contribution in [2.45, 2.75) is 6.92 Å². The zero-order valence-corrected chi connectivity index (χ0v) is 8.82. The van der Waals surface area contributed by atoms with E-state index in [-0.39, 0.29) is 11.4 Å². The van der Waals surface area contributed by atoms with Crippen LogP contribution in [0.4, 0.5) is 8.78 Å². The SMILES string of the molecule is Cc1cc(C(=O)O)n(-c2ccc(F)cc2F)n1. The first kappa shape index (κ1) is 11.3. The number of aryl methyl sites for hydroxylation is 1. The molecule has 0 saturated carbocycles. The topological polar surface area (TPSA) is 55.1 Å². The lowest BCUT2D eigenvalue weighted by molar-refractivity contribution is 0.0687. The molecule has 88 valence electrons. The molecule has 0 aliphatic rings. The molecule has 0 aliphatic heterocycles. The van der Waals surface area contributed by atoms with Crippen LogP contribution < -0.4 is 0 Å². The van der Waals surface area contributed by atoms with Gasteiger partial charge in [-0.2, -0.15) is 5.10 Å². The Morgan fingerprint density at radius 3 is 2.65 bits per heavy atom. The number of halogens is 2. The highest BCUT2D eigenvalue weighted by molar-refractivity contribution is 5.86. The lowest BCUT2D eigenvalue weighted by Gasteiger charge is -2.05. The van der Waals surface area contributed by atoms with E-state index in [0.717, 1.165) is 16.8 Å². The van der Waals surface area contributed by atoms with Crippen LogP contribution in [0.15, 0.2) is 24.3 Å². The van der Waals surface area contributed by atoms with Crippen molar-refractivity contribution in [2.75, 3.05) is 0 Å². The summed E-state index contributed by atoms with van der Waals surface area (Å²) in [5, 5.41) is 12.8. The van der Waals surface area contributed by atoms with Gasteiger partial charge in [-0.05, 0) is 25.1 Å². The molecule has 2 aromatic rings. The molecule has 0 unspecified atom stereocenters. The van der Waals surface area contributed by atoms with Crippen molar-refractivity contribution in [3.63, 3.8) is 0 Å². The summed E-state index contributed by atoms with van der Waals surface area (Å²) in [6.07, 6.45) is 0. The molecular weight excluding hydrogens is 230 g/mol. The first-order chi connectivity index (χ1) is 7.99. The third-order valence-electron chi connectivity index (χ3n) is 2.19. The van der Waals surface area contributed by atoms with E-state index in [0.29, 0.717) is 11.8 Å². The van der Waals surface area contributed by atoms with Gasteiger partial charge >= 0.3 is 5.97 Å². The van der Waals surface area contributed by atoms with Crippen LogP contribution >= 0.6 is 0 Å². The van der Waals surface area contributed by atoms with E-state index in [4.69, 9.17) is 5.11 Å². The molecule has 1 heterocycles. The molecule has 1 aromatic heterocycles. The second kappa shape index (κ2) is 3.97. The van der Waals surface area contributed by atoms with Gasteiger partial charge in [0.25, 0.3) is 0 Å². The Morgan fingerprint density at radius 1 is 1.35 bits per heavy atom. The summed E-state index contributed by atoms with van der Waals surface area (Å²) in [5.74, 6) is -2.82. The van der Waals surface area contributed by atoms with Gasteiger partial charge in [-0.15, -0.1) is 0 Å². The van der Waals surface area contributed by atoms with Crippen LogP contribution in [0, 0.1) is 18.6 Å². The fourth-order valence-electron chi connectivity index (χ4n) is 1.49. The number of aromatic nitrogens is 2. The highest BCUT2D eigenvalue weighted by atomic mass is 19.1. The fraction of sp³-hybridized carbons (Fsp3) is 0.0909. The second-order valence-corrected chi connectivity index (χ2v) is 3.48. The highest BCUT2D eigenvalue weighted by Crippen LogP contribution is 2.17. The van der Waals surface area contributed by atoms with Crippen LogP contribution in [0.5, 0.6) is 0 Å². The lowest BCUT2D eigenvalue weighted by Crippen LogP contribution is -2.09. The molecular formula is C11H8F2N2O2. The summed E-state index contributed by atoms with van der Waals surface area (Å²) in [6, 6.07) is 4.17. The van der Waals surface area contributed by atoms with Gasteiger partial charge in [0, 0.05) is 6.07 Å². The molecule has 4 nitrogen and oxygen atoms in total. The van der Waals surface area contributed by atoms with Crippen LogP contribution in [0.3, 0.4) is 0 Å². The van der Waals surface area contributed by atoms with Crippen LogP contribution in [0.2, 0.25) is 0 Å². The number of benzene rings is 1. The first-order valence-corrected chi connectivity index (χ1v) is 4.74. The summed E-state index contributed by atoms with van der Waals surface area (Å²) >= 11 is 0. The third-order valence-corrected chi connectivity index (χ3v) is 2.19. The van der Waals surface area contributed by atoms with Crippen molar-refractivity contribution in [3.05, 3.63) is 47.3 Å². The number of carbonyl (C=O) groups is 1. The van der Waals surface area contributed by atoms with Crippen LogP contribution in [0.25, 0.3) is 5.69 Å². The Balaban J connectivity index is 2.63. The average Bonchev–Trinajstić information content (AvgIpc) is 2.60. The maximum Gasteiger partial charge on any atom is 0.354 e. The summed E-state index contributed by atoms with van der Waals surface area (Å²) < 4.78 is 27.2. The third kappa shape index (κ3) is 2.01. The lowest BCUT2D eigenvalue weighted by atomic mass is 10.3. The Hall–Kier alpha value is -2.24. The van der Waals surface area contributed by atoms with E-state index in [1.807, 2.05) is 0 Å². The smallest absolute Gasteiger partial charge is 0.354 e. The fourth-order valence-corrected chi connectivity index (χ4v) is 1.49. The molecule has 17 heavy (non-hydrogen) atoms. The minimum Gasteiger partial charge on any atom is -0.477 e. The van der Waals surface area contributed by atoms with Gasteiger partial charge in [0.05, 0.1) is 5.69 Å². The van der Waals surface area contributed by atoms with E-state index >= 15 is 0 Å². The van der Waals surface area contributed by atoms with Crippen LogP contribution in [-0.4, -0.2) is 20.9 Å². The minimum atomic E-state index is -1.23. The number of carboxylic acids is 1. The van der Waals surface area contributed by atoms with E-state index in [2.05, 4.69) is 5.10 Å². The number of aromatic carboxylic acids is 1. The summed E-state index contributed by atoms with van der Waals surface area (Å²) in [5.41, 5.74) is 0.163. The van der Waals surface area contributed by atoms with Crippen molar-refractivity contribution >= 4 is 5.97 Å². The summed E-state index contributed by atoms with van der Waals surface area (Å²) in [4.78, 5) is 10.9. The van der Waals surface area contributed by atoms with Gasteiger partial charge in [-0.1, -0.05) is 0 Å². The van der Waals surface area contributed by atoms with Crippen molar-refractivity contribution in [3.8, 4) is 5.69 Å². The van der Waals surface area contributed by atoms with Crippen LogP contribution in [-0.2, 0) is 0 Å². The zero-order valence-electron chi connectivity index (χ0n) is 8.82. The summed E-state index contributed by atoms with van der Waals surface area (Å²) in [6.45, 7) is 1.59. The monoisotopic (exact) mass is 238 g/mol. The Bertz CT molecular complexity index is 593. The van der Waals surface area contributed by atoms with Gasteiger partial charge in [0.2, 0.25) is 0 Å². The Morgan fingerprint density at radius 2 is 2.06 bits per heavy atom. The average molecular weight is 238 g/mol. The molecule has 6 heteroatoms. The van der Waals surface area contributed by atoms with E-state index in [9.17, 15) is 13.6 Å². The molecule has 2 rings (SSSR count). The molecule has 1 N–H and O–H groups in total. The Labute approximate surface area is 95.1 Å². The van der Waals surface area contributed by atoms with E-state index < -0.39 is 17.6 Å². The molecule has 0 atom stereocenters. The van der Waals surface area contributed by atoms with Crippen LogP contribution in [0.1, 0.15) is 16.2 Å². The molecule has 0 amide bonds. The number of rotatable bonds is 2. The van der Waals surface area contributed by atoms with Crippen molar-refractivity contribution in [1.29, 1.82) is 0 Å². The normalized spacial score (nSPS) is 10.5. The molecule has 0 spiro atoms. The van der Waals surface area contributed by atoms with Crippen molar-refractivity contribution < 1.29 is 18.7 Å². The number of carboxylic acid groups (broad SMARTS) is 1. The Kier molecular flexibility index (Phi) is 2.63. The molecule has 0 bridgehead atoms. The van der Waals surface area contributed by atoms with E-state index in [1.165, 1.54) is 6.07 Å². The predicted octanol–water partition coefficient (Wildman–Crippen LogP) is 2.16. The number of hydrogen-bond donors (Lipinski definition) is 1. The summed E-state index contributed by atoms with van der Waals surface area (Å²) in [7, 11) is 0. The maximum atomic E-state index is 13.5. The maximum absolute atomic E-state index is 13.5. The minimum absolute atomic E-state index is 0.100. The largest absolute Gasteiger partial charge is 0.477 e. The van der Waals surface area contributed by atoms with Crippen molar-refractivity contribution in [1.82, 2.24) is 9.78 Å². The second-order valence-electron chi connectivity index (χ2n) is 3.48. The molecule has 0 aliphatic carbocycles. The molecule has 0 saturated heterocycles. The molecule has 1 aromatic carbocycles. The van der Waals surface area contributed by atoms with Gasteiger partial charge in [0.15, 0.2) is 11.5 Å². The standard InChI is InChI=1S/C11H8F2N2O2/c1-6-4-10(11(16)17)15(14-6)9-3-2-7(12)5-8(9)13/h2-5H,1H3,(H,16,17). The van der Waals surface area contributed by atoms with Gasteiger partial charge in [0.1, 0.15) is 11.5 Å². The van der Waals surface area contributed by atoms with Crippen molar-refractivity contribution in [2.24, 2.45) is 0 Å². The van der Waals surface area contributed by atoms with Gasteiger partial charge in [-0.25, -0.2) is 18.3 Å². The number of nitrogens with zero attached hydrogens (tertiary/aromatic N) is 2.